The predicted octanol–water partition coefficient (Wildman–Crippen LogP) is 6.62. The number of amides is 1. The van der Waals surface area contributed by atoms with E-state index in [9.17, 15) is 4.79 Å². The summed E-state index contributed by atoms with van der Waals surface area (Å²) in [5.74, 6) is 1.13. The molecular weight excluding hydrogens is 479 g/mol. The molecular formula is C25H26Cl2N2O3S. The van der Waals surface area contributed by atoms with E-state index >= 15 is 0 Å². The molecule has 5 nitrogen and oxygen atoms in total. The molecule has 0 spiro atoms. The number of carbonyl (C=O) groups is 1. The van der Waals surface area contributed by atoms with E-state index in [1.807, 2.05) is 38.1 Å². The molecule has 1 aliphatic rings. The topological polar surface area (TPSA) is 51.1 Å². The highest BCUT2D eigenvalue weighted by molar-refractivity contribution is 8.18. The fourth-order valence-electron chi connectivity index (χ4n) is 3.37. The molecule has 1 heterocycles. The molecule has 174 valence electrons. The van der Waals surface area contributed by atoms with Gasteiger partial charge in [-0.25, -0.2) is 0 Å². The zero-order chi connectivity index (χ0) is 24.0. The Balaban J connectivity index is 1.95. The second kappa shape index (κ2) is 11.6. The van der Waals surface area contributed by atoms with Crippen LogP contribution >= 0.6 is 35.0 Å². The van der Waals surface area contributed by atoms with E-state index in [0.29, 0.717) is 46.0 Å². The Labute approximate surface area is 209 Å². The van der Waals surface area contributed by atoms with Gasteiger partial charge < -0.3 is 9.47 Å². The van der Waals surface area contributed by atoms with Gasteiger partial charge in [0.2, 0.25) is 0 Å². The fourth-order valence-corrected chi connectivity index (χ4v) is 4.94. The maximum Gasteiger partial charge on any atom is 0.266 e. The zero-order valence-corrected chi connectivity index (χ0v) is 21.2. The number of hydrogen-bond acceptors (Lipinski definition) is 5. The highest BCUT2D eigenvalue weighted by Gasteiger charge is 2.32. The molecule has 0 bridgehead atoms. The van der Waals surface area contributed by atoms with Crippen LogP contribution < -0.4 is 9.47 Å². The van der Waals surface area contributed by atoms with E-state index in [-0.39, 0.29) is 12.5 Å². The zero-order valence-electron chi connectivity index (χ0n) is 18.9. The van der Waals surface area contributed by atoms with E-state index in [1.165, 1.54) is 11.8 Å². The first-order chi connectivity index (χ1) is 15.9. The summed E-state index contributed by atoms with van der Waals surface area (Å²) >= 11 is 13.7. The number of ether oxygens (including phenoxy) is 2. The van der Waals surface area contributed by atoms with Gasteiger partial charge in [-0.2, -0.15) is 0 Å². The van der Waals surface area contributed by atoms with Crippen LogP contribution in [-0.4, -0.2) is 36.2 Å². The number of amidine groups is 1. The molecule has 2 aromatic carbocycles. The minimum absolute atomic E-state index is 0.0448. The van der Waals surface area contributed by atoms with Crippen molar-refractivity contribution in [2.45, 2.75) is 26.9 Å². The smallest absolute Gasteiger partial charge is 0.266 e. The molecule has 0 unspecified atom stereocenters. The van der Waals surface area contributed by atoms with Gasteiger partial charge in [0.15, 0.2) is 16.7 Å². The summed E-state index contributed by atoms with van der Waals surface area (Å²) in [4.78, 5) is 19.6. The number of halogens is 2. The first kappa shape index (κ1) is 25.2. The monoisotopic (exact) mass is 504 g/mol. The average molecular weight is 505 g/mol. The van der Waals surface area contributed by atoms with Gasteiger partial charge in [0.25, 0.3) is 5.91 Å². The lowest BCUT2D eigenvalue weighted by Crippen LogP contribution is -2.28. The Hall–Kier alpha value is -2.41. The molecule has 1 aliphatic heterocycles. The lowest BCUT2D eigenvalue weighted by Gasteiger charge is -2.16. The number of methoxy groups -OCH3 is 1. The molecule has 1 amide bonds. The number of carbonyl (C=O) groups excluding carboxylic acids is 1. The van der Waals surface area contributed by atoms with Crippen LogP contribution in [0.25, 0.3) is 6.08 Å². The van der Waals surface area contributed by atoms with Crippen LogP contribution in [0, 0.1) is 0 Å². The van der Waals surface area contributed by atoms with Crippen LogP contribution in [0.15, 0.2) is 52.9 Å². The van der Waals surface area contributed by atoms with Crippen LogP contribution in [0.3, 0.4) is 0 Å². The number of rotatable bonds is 9. The van der Waals surface area contributed by atoms with Crippen molar-refractivity contribution in [3.63, 3.8) is 0 Å². The molecule has 0 aliphatic carbocycles. The predicted molar refractivity (Wildman–Crippen MR) is 139 cm³/mol. The molecule has 33 heavy (non-hydrogen) atoms. The van der Waals surface area contributed by atoms with E-state index in [0.717, 1.165) is 21.9 Å². The number of allylic oxidation sites excluding steroid dienone is 1. The van der Waals surface area contributed by atoms with Gasteiger partial charge in [-0.15, -0.1) is 6.58 Å². The van der Waals surface area contributed by atoms with E-state index in [1.54, 1.807) is 30.2 Å². The first-order valence-electron chi connectivity index (χ1n) is 10.6. The molecule has 1 fully saturated rings. The highest BCUT2D eigenvalue weighted by Crippen LogP contribution is 2.38. The Morgan fingerprint density at radius 2 is 1.97 bits per heavy atom. The molecule has 8 heteroatoms. The number of likely N-dealkylation sites (N-methyl/N-ethyl adjacent to an activating group) is 1. The summed E-state index contributed by atoms with van der Waals surface area (Å²) in [6, 6.07) is 9.13. The SMILES string of the molecule is C=CCc1cc(/C=C2/SC(=NCC)N(CC)C2=O)cc(OC)c1OCc1ccc(Cl)cc1Cl. The Morgan fingerprint density at radius 1 is 1.18 bits per heavy atom. The summed E-state index contributed by atoms with van der Waals surface area (Å²) in [5, 5.41) is 1.84. The summed E-state index contributed by atoms with van der Waals surface area (Å²) in [6.45, 7) is 9.22. The number of aliphatic imine (C=N–C) groups is 1. The van der Waals surface area contributed by atoms with Gasteiger partial charge in [0.05, 0.1) is 12.0 Å². The van der Waals surface area contributed by atoms with Crippen LogP contribution in [0.2, 0.25) is 10.0 Å². The van der Waals surface area contributed by atoms with Crippen molar-refractivity contribution in [3.05, 3.63) is 74.6 Å². The molecule has 0 atom stereocenters. The van der Waals surface area contributed by atoms with Gasteiger partial charge in [0, 0.05) is 34.3 Å². The summed E-state index contributed by atoms with van der Waals surface area (Å²) in [5.41, 5.74) is 2.55. The number of thioether (sulfide) groups is 1. The van der Waals surface area contributed by atoms with Crippen LogP contribution in [-0.2, 0) is 17.8 Å². The number of benzene rings is 2. The minimum atomic E-state index is -0.0448. The van der Waals surface area contributed by atoms with Crippen LogP contribution in [0.4, 0.5) is 0 Å². The van der Waals surface area contributed by atoms with Crippen molar-refractivity contribution in [2.75, 3.05) is 20.2 Å². The Morgan fingerprint density at radius 3 is 2.61 bits per heavy atom. The Bertz CT molecular complexity index is 1120. The van der Waals surface area contributed by atoms with E-state index in [4.69, 9.17) is 32.7 Å². The Kier molecular flexibility index (Phi) is 8.89. The lowest BCUT2D eigenvalue weighted by atomic mass is 10.0. The summed E-state index contributed by atoms with van der Waals surface area (Å²) in [6.07, 6.45) is 4.23. The van der Waals surface area contributed by atoms with Gasteiger partial charge >= 0.3 is 0 Å². The maximum atomic E-state index is 12.8. The van der Waals surface area contributed by atoms with Gasteiger partial charge in [-0.1, -0.05) is 35.3 Å². The lowest BCUT2D eigenvalue weighted by molar-refractivity contribution is -0.122. The maximum absolute atomic E-state index is 12.8. The fraction of sp³-hybridized carbons (Fsp3) is 0.280. The average Bonchev–Trinajstić information content (AvgIpc) is 3.08. The standard InChI is InChI=1S/C25H26Cl2N2O3S/c1-5-8-17-11-16(13-22-24(30)29(7-3)25(33-22)28-6-2)12-21(31-4)23(17)32-15-18-9-10-19(26)14-20(18)27/h5,9-14H,1,6-8,15H2,2-4H3/b22-13+,28-25?. The van der Waals surface area contributed by atoms with Crippen molar-refractivity contribution in [2.24, 2.45) is 4.99 Å². The van der Waals surface area contributed by atoms with E-state index < -0.39 is 0 Å². The van der Waals surface area contributed by atoms with E-state index in [2.05, 4.69) is 11.6 Å². The van der Waals surface area contributed by atoms with Crippen molar-refractivity contribution in [1.82, 2.24) is 4.90 Å². The van der Waals surface area contributed by atoms with Crippen molar-refractivity contribution < 1.29 is 14.3 Å². The largest absolute Gasteiger partial charge is 0.493 e. The quantitative estimate of drug-likeness (QED) is 0.284. The minimum Gasteiger partial charge on any atom is -0.493 e. The normalized spacial score (nSPS) is 16.0. The third-order valence-electron chi connectivity index (χ3n) is 4.92. The van der Waals surface area contributed by atoms with Crippen molar-refractivity contribution in [1.29, 1.82) is 0 Å². The second-order valence-corrected chi connectivity index (χ2v) is 9.00. The molecule has 0 N–H and O–H groups in total. The molecule has 0 radical (unpaired) electrons. The second-order valence-electron chi connectivity index (χ2n) is 7.15. The van der Waals surface area contributed by atoms with Gasteiger partial charge in [0.1, 0.15) is 6.61 Å². The van der Waals surface area contributed by atoms with Gasteiger partial charge in [-0.3, -0.25) is 14.7 Å². The molecule has 3 rings (SSSR count). The molecule has 1 saturated heterocycles. The molecule has 2 aromatic rings. The van der Waals surface area contributed by atoms with Crippen LogP contribution in [0.1, 0.15) is 30.5 Å². The number of nitrogens with zero attached hydrogens (tertiary/aromatic N) is 2. The molecule has 0 saturated carbocycles. The third kappa shape index (κ3) is 5.94. The van der Waals surface area contributed by atoms with Crippen molar-refractivity contribution >= 4 is 52.1 Å². The van der Waals surface area contributed by atoms with Crippen molar-refractivity contribution in [3.8, 4) is 11.5 Å². The first-order valence-corrected chi connectivity index (χ1v) is 12.1. The van der Waals surface area contributed by atoms with Gasteiger partial charge in [-0.05, 0) is 67.9 Å². The highest BCUT2D eigenvalue weighted by atomic mass is 35.5. The molecule has 0 aromatic heterocycles. The summed E-state index contributed by atoms with van der Waals surface area (Å²) in [7, 11) is 1.59. The third-order valence-corrected chi connectivity index (χ3v) is 6.55. The number of hydrogen-bond donors (Lipinski definition) is 0. The summed E-state index contributed by atoms with van der Waals surface area (Å²) < 4.78 is 11.8. The van der Waals surface area contributed by atoms with Crippen LogP contribution in [0.5, 0.6) is 11.5 Å².